The number of piperazine rings is 1. The lowest BCUT2D eigenvalue weighted by atomic mass is 9.90. The second kappa shape index (κ2) is 7.68. The molecule has 2 aromatic rings. The van der Waals surface area contributed by atoms with Gasteiger partial charge >= 0.3 is 6.03 Å². The second-order valence-electron chi connectivity index (χ2n) is 9.16. The Labute approximate surface area is 183 Å². The molecular weight excluding hydrogens is 388 g/mol. The molecule has 1 N–H and O–H groups in total. The maximum absolute atomic E-state index is 13.3. The average molecular weight is 419 g/mol. The van der Waals surface area contributed by atoms with Gasteiger partial charge in [0.25, 0.3) is 5.91 Å². The van der Waals surface area contributed by atoms with Crippen molar-refractivity contribution in [2.45, 2.75) is 38.6 Å². The van der Waals surface area contributed by atoms with Crippen molar-refractivity contribution < 1.29 is 9.59 Å². The van der Waals surface area contributed by atoms with Crippen LogP contribution >= 0.6 is 0 Å². The van der Waals surface area contributed by atoms with Crippen LogP contribution < -0.4 is 10.2 Å². The number of urea groups is 1. The van der Waals surface area contributed by atoms with Crippen LogP contribution in [-0.4, -0.2) is 54.6 Å². The number of nitrogens with one attached hydrogen (secondary N) is 1. The van der Waals surface area contributed by atoms with Crippen LogP contribution in [-0.2, 0) is 23.2 Å². The van der Waals surface area contributed by atoms with Gasteiger partial charge in [0.1, 0.15) is 5.54 Å². The predicted molar refractivity (Wildman–Crippen MR) is 121 cm³/mol. The normalized spacial score (nSPS) is 23.9. The molecule has 0 saturated carbocycles. The Bertz CT molecular complexity index is 1030. The molecule has 2 aromatic carbocycles. The van der Waals surface area contributed by atoms with E-state index in [0.717, 1.165) is 51.0 Å². The van der Waals surface area contributed by atoms with Gasteiger partial charge in [-0.25, -0.2) is 9.69 Å². The molecule has 2 heterocycles. The summed E-state index contributed by atoms with van der Waals surface area (Å²) in [4.78, 5) is 32.1. The van der Waals surface area contributed by atoms with Gasteiger partial charge in [-0.15, -0.1) is 0 Å². The lowest BCUT2D eigenvalue weighted by Crippen LogP contribution is -2.51. The number of carbonyl (C=O) groups excluding carboxylic acids is 2. The van der Waals surface area contributed by atoms with Crippen LogP contribution in [0.2, 0.25) is 0 Å². The molecule has 1 atom stereocenters. The zero-order valence-electron chi connectivity index (χ0n) is 18.4. The fourth-order valence-electron chi connectivity index (χ4n) is 5.15. The molecular formula is C25H30N4O2. The van der Waals surface area contributed by atoms with Crippen LogP contribution in [0.15, 0.2) is 42.5 Å². The van der Waals surface area contributed by atoms with Crippen molar-refractivity contribution >= 4 is 17.6 Å². The van der Waals surface area contributed by atoms with E-state index in [-0.39, 0.29) is 11.9 Å². The quantitative estimate of drug-likeness (QED) is 0.776. The van der Waals surface area contributed by atoms with Gasteiger partial charge in [-0.2, -0.15) is 0 Å². The number of nitrogens with zero attached hydrogens (tertiary/aromatic N) is 3. The van der Waals surface area contributed by atoms with Gasteiger partial charge in [0.2, 0.25) is 0 Å². The van der Waals surface area contributed by atoms with Crippen LogP contribution in [0.5, 0.6) is 0 Å². The minimum atomic E-state index is -0.988. The molecule has 6 heteroatoms. The molecule has 0 aromatic heterocycles. The molecule has 0 unspecified atom stereocenters. The number of para-hydroxylation sites is 1. The Kier molecular flexibility index (Phi) is 4.97. The Morgan fingerprint density at radius 2 is 1.71 bits per heavy atom. The van der Waals surface area contributed by atoms with E-state index < -0.39 is 5.54 Å². The van der Waals surface area contributed by atoms with Crippen LogP contribution in [0.3, 0.4) is 0 Å². The highest BCUT2D eigenvalue weighted by molar-refractivity contribution is 6.07. The predicted octanol–water partition coefficient (Wildman–Crippen LogP) is 3.03. The van der Waals surface area contributed by atoms with Crippen LogP contribution in [0.4, 0.5) is 10.5 Å². The van der Waals surface area contributed by atoms with E-state index in [1.807, 2.05) is 13.0 Å². The van der Waals surface area contributed by atoms with Gasteiger partial charge in [0.15, 0.2) is 0 Å². The molecule has 162 valence electrons. The van der Waals surface area contributed by atoms with Crippen molar-refractivity contribution in [3.05, 3.63) is 64.7 Å². The molecule has 3 aliphatic rings. The number of benzene rings is 2. The van der Waals surface area contributed by atoms with Crippen molar-refractivity contribution in [3.63, 3.8) is 0 Å². The fraction of sp³-hybridized carbons (Fsp3) is 0.440. The third-order valence-electron chi connectivity index (χ3n) is 7.12. The maximum atomic E-state index is 13.3. The topological polar surface area (TPSA) is 55.9 Å². The first-order valence-corrected chi connectivity index (χ1v) is 11.2. The highest BCUT2D eigenvalue weighted by Gasteiger charge is 2.49. The minimum Gasteiger partial charge on any atom is -0.369 e. The fourth-order valence-corrected chi connectivity index (χ4v) is 5.15. The largest absolute Gasteiger partial charge is 0.369 e. The number of anilines is 1. The van der Waals surface area contributed by atoms with Crippen molar-refractivity contribution in [2.75, 3.05) is 37.7 Å². The molecule has 6 nitrogen and oxygen atoms in total. The summed E-state index contributed by atoms with van der Waals surface area (Å²) in [6.07, 6.45) is 3.32. The highest BCUT2D eigenvalue weighted by Crippen LogP contribution is 2.33. The summed E-state index contributed by atoms with van der Waals surface area (Å²) < 4.78 is 0. The maximum Gasteiger partial charge on any atom is 0.326 e. The molecule has 31 heavy (non-hydrogen) atoms. The lowest BCUT2D eigenvalue weighted by molar-refractivity contribution is -0.132. The van der Waals surface area contributed by atoms with E-state index in [1.165, 1.54) is 27.3 Å². The van der Waals surface area contributed by atoms with Gasteiger partial charge in [-0.05, 0) is 61.4 Å². The first-order valence-electron chi connectivity index (χ1n) is 11.2. The Balaban J connectivity index is 1.26. The van der Waals surface area contributed by atoms with Crippen LogP contribution in [0, 0.1) is 6.92 Å². The van der Waals surface area contributed by atoms with Gasteiger partial charge in [0.05, 0.1) is 6.67 Å². The second-order valence-corrected chi connectivity index (χ2v) is 9.16. The number of imide groups is 1. The minimum absolute atomic E-state index is 0.156. The standard InChI is InChI=1S/C25H30N4O2/c1-18-6-3-4-9-22(18)28-14-12-27(13-15-28)17-29-23(30)25(2,26-24(29)31)21-11-10-19-7-5-8-20(19)16-21/h3-4,6,9-11,16H,5,7-8,12-15,17H2,1-2H3,(H,26,31)/t25-/m1/s1. The Hall–Kier alpha value is -2.86. The van der Waals surface area contributed by atoms with E-state index in [2.05, 4.69) is 58.4 Å². The average Bonchev–Trinajstić information content (AvgIpc) is 3.33. The van der Waals surface area contributed by atoms with Gasteiger partial charge in [0, 0.05) is 31.9 Å². The number of hydrogen-bond acceptors (Lipinski definition) is 4. The van der Waals surface area contributed by atoms with Crippen LogP contribution in [0.25, 0.3) is 0 Å². The number of amides is 3. The summed E-state index contributed by atoms with van der Waals surface area (Å²) in [5.41, 5.74) is 5.12. The first-order chi connectivity index (χ1) is 15.0. The molecule has 2 saturated heterocycles. The third-order valence-corrected chi connectivity index (χ3v) is 7.12. The van der Waals surface area contributed by atoms with E-state index in [9.17, 15) is 9.59 Å². The van der Waals surface area contributed by atoms with Gasteiger partial charge in [-0.3, -0.25) is 9.69 Å². The Morgan fingerprint density at radius 1 is 0.968 bits per heavy atom. The lowest BCUT2D eigenvalue weighted by Gasteiger charge is -2.37. The highest BCUT2D eigenvalue weighted by atomic mass is 16.2. The summed E-state index contributed by atoms with van der Waals surface area (Å²) in [6, 6.07) is 14.4. The van der Waals surface area contributed by atoms with E-state index in [0.29, 0.717) is 6.67 Å². The number of fused-ring (bicyclic) bond motifs is 1. The molecule has 5 rings (SSSR count). The summed E-state index contributed by atoms with van der Waals surface area (Å²) in [5, 5.41) is 2.97. The molecule has 2 aliphatic heterocycles. The zero-order chi connectivity index (χ0) is 21.6. The molecule has 2 fully saturated rings. The Morgan fingerprint density at radius 3 is 2.48 bits per heavy atom. The van der Waals surface area contributed by atoms with Crippen molar-refractivity contribution in [3.8, 4) is 0 Å². The molecule has 1 aliphatic carbocycles. The molecule has 3 amide bonds. The van der Waals surface area contributed by atoms with Crippen molar-refractivity contribution in [1.29, 1.82) is 0 Å². The zero-order valence-corrected chi connectivity index (χ0v) is 18.4. The first kappa shape index (κ1) is 20.1. The number of rotatable bonds is 4. The number of hydrogen-bond donors (Lipinski definition) is 1. The van der Waals surface area contributed by atoms with E-state index in [1.54, 1.807) is 0 Å². The van der Waals surface area contributed by atoms with Crippen LogP contribution in [0.1, 0.15) is 35.6 Å². The molecule has 0 spiro atoms. The van der Waals surface area contributed by atoms with E-state index in [4.69, 9.17) is 0 Å². The molecule has 0 bridgehead atoms. The SMILES string of the molecule is Cc1ccccc1N1CCN(CN2C(=O)N[C@](C)(c3ccc4c(c3)CCC4)C2=O)CC1. The summed E-state index contributed by atoms with van der Waals surface area (Å²) in [7, 11) is 0. The van der Waals surface area contributed by atoms with E-state index >= 15 is 0 Å². The monoisotopic (exact) mass is 418 g/mol. The number of aryl methyl sites for hydroxylation is 3. The smallest absolute Gasteiger partial charge is 0.326 e. The van der Waals surface area contributed by atoms with Crippen molar-refractivity contribution in [1.82, 2.24) is 15.1 Å². The van der Waals surface area contributed by atoms with Gasteiger partial charge in [-0.1, -0.05) is 36.4 Å². The van der Waals surface area contributed by atoms with Crippen molar-refractivity contribution in [2.24, 2.45) is 0 Å². The summed E-state index contributed by atoms with van der Waals surface area (Å²) in [6.45, 7) is 7.72. The third kappa shape index (κ3) is 3.49. The summed E-state index contributed by atoms with van der Waals surface area (Å²) >= 11 is 0. The van der Waals surface area contributed by atoms with Gasteiger partial charge < -0.3 is 10.2 Å². The number of carbonyl (C=O) groups is 2. The molecule has 0 radical (unpaired) electrons. The summed E-state index contributed by atoms with van der Waals surface area (Å²) in [5.74, 6) is -0.156.